The van der Waals surface area contributed by atoms with Crippen molar-refractivity contribution in [3.63, 3.8) is 0 Å². The van der Waals surface area contributed by atoms with Crippen LogP contribution in [0.3, 0.4) is 0 Å². The quantitative estimate of drug-likeness (QED) is 0.628. The number of amides is 3. The fourth-order valence-corrected chi connectivity index (χ4v) is 3.98. The summed E-state index contributed by atoms with van der Waals surface area (Å²) in [5.41, 5.74) is 1.58. The van der Waals surface area contributed by atoms with E-state index in [0.29, 0.717) is 31.6 Å². The third-order valence-corrected chi connectivity index (χ3v) is 5.40. The van der Waals surface area contributed by atoms with Gasteiger partial charge in [-0.25, -0.2) is 4.79 Å². The number of Topliss-reactive ketones (excluding diaryl/α,β-unsaturated/α-hetero) is 1. The highest BCUT2D eigenvalue weighted by Gasteiger charge is 2.52. The average molecular weight is 347 g/mol. The SMILES string of the molecule is COCCn1c(C)cc(C(=O)CN2C(=O)NC3(CCCC3)C2=O)c1C. The Hall–Kier alpha value is -2.15. The zero-order valence-corrected chi connectivity index (χ0v) is 15.1. The second kappa shape index (κ2) is 6.63. The molecule has 2 aliphatic rings. The molecule has 25 heavy (non-hydrogen) atoms. The van der Waals surface area contributed by atoms with Crippen LogP contribution in [0.25, 0.3) is 0 Å². The Kier molecular flexibility index (Phi) is 4.69. The first-order valence-electron chi connectivity index (χ1n) is 8.72. The molecule has 136 valence electrons. The number of carbonyl (C=O) groups is 3. The Balaban J connectivity index is 1.76. The molecule has 1 N–H and O–H groups in total. The largest absolute Gasteiger partial charge is 0.383 e. The number of methoxy groups -OCH3 is 1. The Bertz CT molecular complexity index is 716. The van der Waals surface area contributed by atoms with Crippen LogP contribution in [0.5, 0.6) is 0 Å². The maximum Gasteiger partial charge on any atom is 0.325 e. The van der Waals surface area contributed by atoms with Gasteiger partial charge in [-0.3, -0.25) is 14.5 Å². The minimum atomic E-state index is -0.771. The molecule has 7 heteroatoms. The first-order chi connectivity index (χ1) is 11.9. The molecule has 1 aliphatic heterocycles. The maximum atomic E-state index is 12.7. The van der Waals surface area contributed by atoms with Crippen LogP contribution in [0, 0.1) is 13.8 Å². The van der Waals surface area contributed by atoms with Gasteiger partial charge in [-0.1, -0.05) is 12.8 Å². The summed E-state index contributed by atoms with van der Waals surface area (Å²) in [7, 11) is 1.64. The number of ketones is 1. The molecule has 1 saturated carbocycles. The number of hydrogen-bond acceptors (Lipinski definition) is 4. The van der Waals surface area contributed by atoms with E-state index in [4.69, 9.17) is 4.74 Å². The zero-order chi connectivity index (χ0) is 18.2. The lowest BCUT2D eigenvalue weighted by molar-refractivity contribution is -0.130. The van der Waals surface area contributed by atoms with Crippen molar-refractivity contribution >= 4 is 17.7 Å². The van der Waals surface area contributed by atoms with Crippen LogP contribution in [-0.4, -0.2) is 53.0 Å². The van der Waals surface area contributed by atoms with Crippen LogP contribution in [0.1, 0.15) is 47.4 Å². The van der Waals surface area contributed by atoms with E-state index in [1.54, 1.807) is 7.11 Å². The average Bonchev–Trinajstić information content (AvgIpc) is 3.21. The third kappa shape index (κ3) is 2.97. The van der Waals surface area contributed by atoms with Gasteiger partial charge < -0.3 is 14.6 Å². The van der Waals surface area contributed by atoms with E-state index >= 15 is 0 Å². The van der Waals surface area contributed by atoms with Crippen molar-refractivity contribution in [1.82, 2.24) is 14.8 Å². The summed E-state index contributed by atoms with van der Waals surface area (Å²) in [6, 6.07) is 1.37. The molecule has 0 aromatic carbocycles. The van der Waals surface area contributed by atoms with Gasteiger partial charge in [0.15, 0.2) is 5.78 Å². The van der Waals surface area contributed by atoms with Crippen LogP contribution in [0.4, 0.5) is 4.79 Å². The van der Waals surface area contributed by atoms with Crippen molar-refractivity contribution in [2.45, 2.75) is 51.6 Å². The monoisotopic (exact) mass is 347 g/mol. The molecule has 7 nitrogen and oxygen atoms in total. The predicted molar refractivity (Wildman–Crippen MR) is 91.6 cm³/mol. The van der Waals surface area contributed by atoms with E-state index in [9.17, 15) is 14.4 Å². The molecule has 0 atom stereocenters. The smallest absolute Gasteiger partial charge is 0.325 e. The molecule has 2 heterocycles. The summed E-state index contributed by atoms with van der Waals surface area (Å²) in [6.07, 6.45) is 3.17. The van der Waals surface area contributed by atoms with Crippen molar-refractivity contribution in [3.8, 4) is 0 Å². The van der Waals surface area contributed by atoms with Gasteiger partial charge in [0.2, 0.25) is 0 Å². The van der Waals surface area contributed by atoms with E-state index < -0.39 is 11.6 Å². The van der Waals surface area contributed by atoms with Gasteiger partial charge in [0.1, 0.15) is 5.54 Å². The lowest BCUT2D eigenvalue weighted by Gasteiger charge is -2.19. The second-order valence-electron chi connectivity index (χ2n) is 6.96. The van der Waals surface area contributed by atoms with Crippen LogP contribution in [0.2, 0.25) is 0 Å². The summed E-state index contributed by atoms with van der Waals surface area (Å²) in [5, 5.41) is 2.81. The lowest BCUT2D eigenvalue weighted by atomic mass is 9.98. The zero-order valence-electron chi connectivity index (χ0n) is 15.1. The van der Waals surface area contributed by atoms with E-state index in [1.165, 1.54) is 0 Å². The molecule has 3 amide bonds. The van der Waals surface area contributed by atoms with Crippen molar-refractivity contribution < 1.29 is 19.1 Å². The minimum Gasteiger partial charge on any atom is -0.383 e. The topological polar surface area (TPSA) is 80.6 Å². The molecule has 1 aliphatic carbocycles. The van der Waals surface area contributed by atoms with Gasteiger partial charge in [0.05, 0.1) is 13.2 Å². The van der Waals surface area contributed by atoms with Crippen LogP contribution in [0.15, 0.2) is 6.07 Å². The van der Waals surface area contributed by atoms with E-state index in [0.717, 1.165) is 29.1 Å². The van der Waals surface area contributed by atoms with Crippen molar-refractivity contribution in [1.29, 1.82) is 0 Å². The third-order valence-electron chi connectivity index (χ3n) is 5.40. The first kappa shape index (κ1) is 17.7. The number of ether oxygens (including phenoxy) is 1. The summed E-state index contributed by atoms with van der Waals surface area (Å²) < 4.78 is 7.12. The molecule has 0 bridgehead atoms. The molecule has 2 fully saturated rings. The summed E-state index contributed by atoms with van der Waals surface area (Å²) >= 11 is 0. The Morgan fingerprint density at radius 2 is 1.96 bits per heavy atom. The van der Waals surface area contributed by atoms with Gasteiger partial charge in [-0.2, -0.15) is 0 Å². The number of carbonyl (C=O) groups excluding carboxylic acids is 3. The molecule has 1 aromatic heterocycles. The number of aryl methyl sites for hydroxylation is 1. The lowest BCUT2D eigenvalue weighted by Crippen LogP contribution is -2.44. The normalized spacial score (nSPS) is 19.1. The van der Waals surface area contributed by atoms with Crippen LogP contribution < -0.4 is 5.32 Å². The molecule has 1 spiro atoms. The van der Waals surface area contributed by atoms with E-state index in [1.807, 2.05) is 24.5 Å². The van der Waals surface area contributed by atoms with Crippen molar-refractivity contribution in [3.05, 3.63) is 23.0 Å². The fraction of sp³-hybridized carbons (Fsp3) is 0.611. The molecule has 1 saturated heterocycles. The number of rotatable bonds is 6. The number of imide groups is 1. The van der Waals surface area contributed by atoms with Crippen molar-refractivity contribution in [2.24, 2.45) is 0 Å². The van der Waals surface area contributed by atoms with Crippen LogP contribution >= 0.6 is 0 Å². The number of nitrogens with zero attached hydrogens (tertiary/aromatic N) is 2. The van der Waals surface area contributed by atoms with E-state index in [2.05, 4.69) is 5.32 Å². The van der Waals surface area contributed by atoms with Gasteiger partial charge in [-0.15, -0.1) is 0 Å². The fourth-order valence-electron chi connectivity index (χ4n) is 3.98. The Labute approximate surface area is 147 Å². The minimum absolute atomic E-state index is 0.207. The van der Waals surface area contributed by atoms with Crippen LogP contribution in [-0.2, 0) is 16.1 Å². The van der Waals surface area contributed by atoms with E-state index in [-0.39, 0.29) is 18.2 Å². The van der Waals surface area contributed by atoms with Gasteiger partial charge in [0, 0.05) is 30.6 Å². The highest BCUT2D eigenvalue weighted by atomic mass is 16.5. The van der Waals surface area contributed by atoms with Gasteiger partial charge >= 0.3 is 6.03 Å². The first-order valence-corrected chi connectivity index (χ1v) is 8.72. The van der Waals surface area contributed by atoms with Gasteiger partial charge in [-0.05, 0) is 32.8 Å². The molecule has 0 unspecified atom stereocenters. The number of nitrogens with one attached hydrogen (secondary N) is 1. The second-order valence-corrected chi connectivity index (χ2v) is 6.96. The predicted octanol–water partition coefficient (Wildman–Crippen LogP) is 1.80. The highest BCUT2D eigenvalue weighted by Crippen LogP contribution is 2.35. The Morgan fingerprint density at radius 3 is 2.60 bits per heavy atom. The molecular formula is C18H25N3O4. The summed E-state index contributed by atoms with van der Waals surface area (Å²) in [6.45, 7) is 4.81. The number of hydrogen-bond donors (Lipinski definition) is 1. The standard InChI is InChI=1S/C18H25N3O4/c1-12-10-14(13(2)20(12)8-9-25-3)15(22)11-21-16(23)18(19-17(21)24)6-4-5-7-18/h10H,4-9,11H2,1-3H3,(H,19,24). The molecular weight excluding hydrogens is 322 g/mol. The Morgan fingerprint density at radius 1 is 1.28 bits per heavy atom. The molecule has 3 rings (SSSR count). The molecule has 1 aromatic rings. The molecule has 0 radical (unpaired) electrons. The summed E-state index contributed by atoms with van der Waals surface area (Å²) in [5.74, 6) is -0.466. The number of aromatic nitrogens is 1. The summed E-state index contributed by atoms with van der Waals surface area (Å²) in [4.78, 5) is 38.7. The maximum absolute atomic E-state index is 12.7. The van der Waals surface area contributed by atoms with Gasteiger partial charge in [0.25, 0.3) is 5.91 Å². The number of urea groups is 1. The highest BCUT2D eigenvalue weighted by molar-refractivity contribution is 6.11. The van der Waals surface area contributed by atoms with Crippen molar-refractivity contribution in [2.75, 3.05) is 20.3 Å².